The zero-order chi connectivity index (χ0) is 12.1. The minimum atomic E-state index is -0.763. The Morgan fingerprint density at radius 2 is 2.25 bits per heavy atom. The molecule has 0 saturated carbocycles. The van der Waals surface area contributed by atoms with E-state index >= 15 is 0 Å². The van der Waals surface area contributed by atoms with E-state index in [9.17, 15) is 9.59 Å². The number of nitrogens with one attached hydrogen (secondary N) is 1. The molecule has 0 radical (unpaired) electrons. The molecule has 5 nitrogen and oxygen atoms in total. The third-order valence-corrected chi connectivity index (χ3v) is 2.89. The number of hydrogen-bond donors (Lipinski definition) is 2. The highest BCUT2D eigenvalue weighted by molar-refractivity contribution is 5.78. The lowest BCUT2D eigenvalue weighted by molar-refractivity contribution is -0.145. The Morgan fingerprint density at radius 1 is 1.62 bits per heavy atom. The first-order valence-electron chi connectivity index (χ1n) is 5.37. The van der Waals surface area contributed by atoms with Crippen LogP contribution in [0.15, 0.2) is 12.7 Å². The molecule has 0 bridgehead atoms. The largest absolute Gasteiger partial charge is 0.481 e. The van der Waals surface area contributed by atoms with Gasteiger partial charge in [-0.05, 0) is 5.92 Å². The number of nitrogens with zero attached hydrogens (tertiary/aromatic N) is 1. The van der Waals surface area contributed by atoms with Crippen LogP contribution in [0.4, 0.5) is 0 Å². The van der Waals surface area contributed by atoms with Gasteiger partial charge in [0.05, 0.1) is 12.5 Å². The van der Waals surface area contributed by atoms with Crippen molar-refractivity contribution in [1.29, 1.82) is 0 Å². The molecule has 0 aromatic carbocycles. The van der Waals surface area contributed by atoms with Crippen LogP contribution in [0.1, 0.15) is 6.92 Å². The predicted octanol–water partition coefficient (Wildman–Crippen LogP) is -0.0589. The number of amides is 1. The molecule has 1 fully saturated rings. The minimum absolute atomic E-state index is 0.0404. The number of carbonyl (C=O) groups is 2. The maximum Gasteiger partial charge on any atom is 0.306 e. The highest BCUT2D eigenvalue weighted by Gasteiger charge is 2.35. The molecule has 1 heterocycles. The van der Waals surface area contributed by atoms with Crippen molar-refractivity contribution in [1.82, 2.24) is 10.2 Å². The summed E-state index contributed by atoms with van der Waals surface area (Å²) in [6.07, 6.45) is 1.63. The maximum atomic E-state index is 11.3. The van der Waals surface area contributed by atoms with Crippen molar-refractivity contribution in [3.8, 4) is 0 Å². The second kappa shape index (κ2) is 5.65. The summed E-state index contributed by atoms with van der Waals surface area (Å²) in [5, 5.41) is 11.5. The normalized spacial score (nSPS) is 18.6. The molecule has 1 atom stereocenters. The van der Waals surface area contributed by atoms with Gasteiger partial charge in [0.2, 0.25) is 5.91 Å². The zero-order valence-corrected chi connectivity index (χ0v) is 9.48. The fourth-order valence-electron chi connectivity index (χ4n) is 1.70. The van der Waals surface area contributed by atoms with Crippen LogP contribution in [-0.4, -0.2) is 48.1 Å². The maximum absolute atomic E-state index is 11.3. The lowest BCUT2D eigenvalue weighted by Crippen LogP contribution is -2.53. The van der Waals surface area contributed by atoms with Crippen LogP contribution in [0.3, 0.4) is 0 Å². The number of carboxylic acids is 1. The molecule has 0 aliphatic carbocycles. The van der Waals surface area contributed by atoms with Gasteiger partial charge in [-0.1, -0.05) is 13.0 Å². The molecule has 1 saturated heterocycles. The van der Waals surface area contributed by atoms with Gasteiger partial charge in [-0.3, -0.25) is 14.5 Å². The van der Waals surface area contributed by atoms with E-state index in [0.29, 0.717) is 26.2 Å². The second-order valence-corrected chi connectivity index (χ2v) is 4.17. The SMILES string of the molecule is C=CCNC(=O)CN1CC(C(C)C(=O)O)C1. The summed E-state index contributed by atoms with van der Waals surface area (Å²) in [5.41, 5.74) is 0. The third kappa shape index (κ3) is 3.34. The van der Waals surface area contributed by atoms with E-state index in [2.05, 4.69) is 11.9 Å². The van der Waals surface area contributed by atoms with E-state index in [0.717, 1.165) is 0 Å². The average Bonchev–Trinajstić information content (AvgIpc) is 2.18. The number of rotatable bonds is 6. The Morgan fingerprint density at radius 3 is 2.75 bits per heavy atom. The highest BCUT2D eigenvalue weighted by atomic mass is 16.4. The van der Waals surface area contributed by atoms with E-state index in [1.54, 1.807) is 13.0 Å². The first kappa shape index (κ1) is 12.7. The first-order valence-corrected chi connectivity index (χ1v) is 5.37. The molecule has 1 unspecified atom stereocenters. The Bertz CT molecular complexity index is 285. The molecule has 1 amide bonds. The van der Waals surface area contributed by atoms with Crippen molar-refractivity contribution in [2.75, 3.05) is 26.2 Å². The fourth-order valence-corrected chi connectivity index (χ4v) is 1.70. The fraction of sp³-hybridized carbons (Fsp3) is 0.636. The van der Waals surface area contributed by atoms with Crippen LogP contribution in [0.5, 0.6) is 0 Å². The van der Waals surface area contributed by atoms with Gasteiger partial charge >= 0.3 is 5.97 Å². The lowest BCUT2D eigenvalue weighted by atomic mass is 9.87. The molecule has 90 valence electrons. The monoisotopic (exact) mass is 226 g/mol. The van der Waals surface area contributed by atoms with Gasteiger partial charge in [-0.2, -0.15) is 0 Å². The van der Waals surface area contributed by atoms with Crippen molar-refractivity contribution < 1.29 is 14.7 Å². The molecule has 2 N–H and O–H groups in total. The molecule has 5 heteroatoms. The number of aliphatic carboxylic acids is 1. The lowest BCUT2D eigenvalue weighted by Gasteiger charge is -2.40. The Kier molecular flexibility index (Phi) is 4.49. The van der Waals surface area contributed by atoms with Gasteiger partial charge in [-0.15, -0.1) is 6.58 Å². The second-order valence-electron chi connectivity index (χ2n) is 4.17. The van der Waals surface area contributed by atoms with E-state index in [1.165, 1.54) is 0 Å². The van der Waals surface area contributed by atoms with Gasteiger partial charge in [0, 0.05) is 19.6 Å². The van der Waals surface area contributed by atoms with Crippen LogP contribution in [-0.2, 0) is 9.59 Å². The number of carbonyl (C=O) groups excluding carboxylic acids is 1. The van der Waals surface area contributed by atoms with Crippen LogP contribution in [0, 0.1) is 11.8 Å². The molecule has 16 heavy (non-hydrogen) atoms. The summed E-state index contributed by atoms with van der Waals surface area (Å²) in [6.45, 7) is 7.41. The molecule has 0 aromatic heterocycles. The average molecular weight is 226 g/mol. The number of carboxylic acid groups (broad SMARTS) is 1. The summed E-state index contributed by atoms with van der Waals surface area (Å²) in [7, 11) is 0. The molecule has 0 aromatic rings. The first-order chi connectivity index (χ1) is 7.54. The standard InChI is InChI=1S/C11H18N2O3/c1-3-4-12-10(14)7-13-5-9(6-13)8(2)11(15)16/h3,8-9H,1,4-7H2,2H3,(H,12,14)(H,15,16). The predicted molar refractivity (Wildman–Crippen MR) is 59.9 cm³/mol. The van der Waals surface area contributed by atoms with Crippen molar-refractivity contribution >= 4 is 11.9 Å². The summed E-state index contributed by atoms with van der Waals surface area (Å²) in [6, 6.07) is 0. The summed E-state index contributed by atoms with van der Waals surface area (Å²) >= 11 is 0. The molecule has 1 rings (SSSR count). The van der Waals surface area contributed by atoms with Crippen LogP contribution < -0.4 is 5.32 Å². The van der Waals surface area contributed by atoms with Crippen LogP contribution >= 0.6 is 0 Å². The molecular weight excluding hydrogens is 208 g/mol. The Balaban J connectivity index is 2.18. The van der Waals surface area contributed by atoms with Gasteiger partial charge in [0.1, 0.15) is 0 Å². The van der Waals surface area contributed by atoms with Gasteiger partial charge < -0.3 is 10.4 Å². The summed E-state index contributed by atoms with van der Waals surface area (Å²) in [4.78, 5) is 23.9. The Labute approximate surface area is 95.1 Å². The van der Waals surface area contributed by atoms with E-state index < -0.39 is 5.97 Å². The number of hydrogen-bond acceptors (Lipinski definition) is 3. The quantitative estimate of drug-likeness (QED) is 0.623. The number of likely N-dealkylation sites (tertiary alicyclic amines) is 1. The van der Waals surface area contributed by atoms with Crippen LogP contribution in [0.25, 0.3) is 0 Å². The van der Waals surface area contributed by atoms with Gasteiger partial charge in [0.15, 0.2) is 0 Å². The van der Waals surface area contributed by atoms with E-state index in [4.69, 9.17) is 5.11 Å². The minimum Gasteiger partial charge on any atom is -0.481 e. The van der Waals surface area contributed by atoms with E-state index in [1.807, 2.05) is 4.90 Å². The molecule has 1 aliphatic rings. The summed E-state index contributed by atoms with van der Waals surface area (Å²) in [5.74, 6) is -0.959. The van der Waals surface area contributed by atoms with Crippen molar-refractivity contribution in [2.45, 2.75) is 6.92 Å². The molecular formula is C11H18N2O3. The molecule has 1 aliphatic heterocycles. The third-order valence-electron chi connectivity index (χ3n) is 2.89. The Hall–Kier alpha value is -1.36. The smallest absolute Gasteiger partial charge is 0.306 e. The van der Waals surface area contributed by atoms with Crippen LogP contribution in [0.2, 0.25) is 0 Å². The topological polar surface area (TPSA) is 69.6 Å². The van der Waals surface area contributed by atoms with E-state index in [-0.39, 0.29) is 17.7 Å². The summed E-state index contributed by atoms with van der Waals surface area (Å²) < 4.78 is 0. The van der Waals surface area contributed by atoms with Gasteiger partial charge in [0.25, 0.3) is 0 Å². The van der Waals surface area contributed by atoms with Gasteiger partial charge in [-0.25, -0.2) is 0 Å². The zero-order valence-electron chi connectivity index (χ0n) is 9.48. The molecule has 0 spiro atoms. The highest BCUT2D eigenvalue weighted by Crippen LogP contribution is 2.23. The van der Waals surface area contributed by atoms with Crippen molar-refractivity contribution in [2.24, 2.45) is 11.8 Å². The van der Waals surface area contributed by atoms with Crippen molar-refractivity contribution in [3.05, 3.63) is 12.7 Å². The van der Waals surface area contributed by atoms with Crippen molar-refractivity contribution in [3.63, 3.8) is 0 Å².